The number of alkyl halides is 2. The van der Waals surface area contributed by atoms with Gasteiger partial charge >= 0.3 is 5.97 Å². The average Bonchev–Trinajstić information content (AvgIpc) is 2.75. The van der Waals surface area contributed by atoms with E-state index in [-0.39, 0.29) is 12.0 Å². The highest BCUT2D eigenvalue weighted by molar-refractivity contribution is 6.18. The molecule has 2 rings (SSSR count). The maximum Gasteiger partial charge on any atom is 0.303 e. The van der Waals surface area contributed by atoms with Gasteiger partial charge in [-0.15, -0.1) is 11.6 Å². The minimum Gasteiger partial charge on any atom is -0.493 e. The van der Waals surface area contributed by atoms with Gasteiger partial charge in [-0.25, -0.2) is 4.39 Å². The molecule has 2 aromatic carbocycles. The number of rotatable bonds is 11. The van der Waals surface area contributed by atoms with Crippen LogP contribution in [0.15, 0.2) is 48.5 Å². The molecule has 0 aliphatic carbocycles. The van der Waals surface area contributed by atoms with Gasteiger partial charge in [0.15, 0.2) is 6.10 Å². The van der Waals surface area contributed by atoms with Gasteiger partial charge in [0.2, 0.25) is 0 Å². The topological polar surface area (TPSA) is 44.8 Å². The van der Waals surface area contributed by atoms with Crippen LogP contribution in [-0.2, 0) is 14.9 Å². The zero-order valence-electron chi connectivity index (χ0n) is 18.0. The lowest BCUT2D eigenvalue weighted by Gasteiger charge is -2.26. The fourth-order valence-corrected chi connectivity index (χ4v) is 3.01. The minimum absolute atomic E-state index is 0.0252. The maximum atomic E-state index is 12.9. The molecular formula is C24H30ClFO4. The summed E-state index contributed by atoms with van der Waals surface area (Å²) < 4.78 is 29.1. The minimum atomic E-state index is -0.897. The van der Waals surface area contributed by atoms with Gasteiger partial charge < -0.3 is 14.2 Å². The smallest absolute Gasteiger partial charge is 0.303 e. The summed E-state index contributed by atoms with van der Waals surface area (Å²) in [5.41, 5.74) is 2.04. The van der Waals surface area contributed by atoms with Crippen LogP contribution < -0.4 is 9.47 Å². The van der Waals surface area contributed by atoms with E-state index in [9.17, 15) is 9.18 Å². The highest BCUT2D eigenvalue weighted by atomic mass is 35.5. The Kier molecular flexibility index (Phi) is 8.97. The molecule has 0 amide bonds. The van der Waals surface area contributed by atoms with Crippen molar-refractivity contribution in [3.05, 3.63) is 59.7 Å². The first-order valence-electron chi connectivity index (χ1n) is 10.0. The summed E-state index contributed by atoms with van der Waals surface area (Å²) in [6.45, 7) is 7.37. The van der Waals surface area contributed by atoms with Gasteiger partial charge in [-0.2, -0.15) is 0 Å². The molecule has 0 aromatic heterocycles. The second-order valence-electron chi connectivity index (χ2n) is 7.94. The van der Waals surface area contributed by atoms with E-state index in [1.807, 2.05) is 43.3 Å². The third-order valence-corrected chi connectivity index (χ3v) is 5.42. The van der Waals surface area contributed by atoms with Gasteiger partial charge in [0, 0.05) is 24.1 Å². The fraction of sp³-hybridized carbons (Fsp3) is 0.458. The fourth-order valence-electron chi connectivity index (χ4n) is 2.92. The van der Waals surface area contributed by atoms with Crippen LogP contribution in [0.3, 0.4) is 0 Å². The van der Waals surface area contributed by atoms with E-state index in [1.54, 1.807) is 0 Å². The molecular weight excluding hydrogens is 407 g/mol. The number of carbonyl (C=O) groups is 1. The molecule has 0 bridgehead atoms. The Balaban J connectivity index is 2.01. The molecule has 0 heterocycles. The molecule has 0 radical (unpaired) electrons. The summed E-state index contributed by atoms with van der Waals surface area (Å²) in [5.74, 6) is 1.77. The van der Waals surface area contributed by atoms with Crippen LogP contribution in [0.1, 0.15) is 38.8 Å². The normalized spacial score (nSPS) is 13.4. The molecule has 30 heavy (non-hydrogen) atoms. The van der Waals surface area contributed by atoms with Crippen molar-refractivity contribution in [2.45, 2.75) is 39.2 Å². The molecule has 0 aliphatic rings. The predicted molar refractivity (Wildman–Crippen MR) is 117 cm³/mol. The average molecular weight is 437 g/mol. The first-order chi connectivity index (χ1) is 14.3. The van der Waals surface area contributed by atoms with Crippen molar-refractivity contribution in [1.82, 2.24) is 0 Å². The van der Waals surface area contributed by atoms with Crippen LogP contribution in [-0.4, -0.2) is 37.8 Å². The zero-order valence-corrected chi connectivity index (χ0v) is 18.7. The molecule has 2 aromatic rings. The number of hydrogen-bond donors (Lipinski definition) is 0. The monoisotopic (exact) mass is 436 g/mol. The summed E-state index contributed by atoms with van der Waals surface area (Å²) >= 11 is 5.82. The molecule has 6 heteroatoms. The van der Waals surface area contributed by atoms with Crippen LogP contribution in [0.5, 0.6) is 11.5 Å². The summed E-state index contributed by atoms with van der Waals surface area (Å²) in [5, 5.41) is 0. The van der Waals surface area contributed by atoms with Crippen molar-refractivity contribution < 1.29 is 23.4 Å². The second kappa shape index (κ2) is 11.2. The van der Waals surface area contributed by atoms with Crippen molar-refractivity contribution in [2.75, 3.05) is 25.8 Å². The molecule has 0 unspecified atom stereocenters. The van der Waals surface area contributed by atoms with Crippen LogP contribution >= 0.6 is 11.6 Å². The highest BCUT2D eigenvalue weighted by Gasteiger charge is 2.23. The molecule has 2 atom stereocenters. The zero-order chi connectivity index (χ0) is 22.1. The predicted octanol–water partition coefficient (Wildman–Crippen LogP) is 5.55. The van der Waals surface area contributed by atoms with Crippen molar-refractivity contribution in [2.24, 2.45) is 5.92 Å². The van der Waals surface area contributed by atoms with Crippen LogP contribution in [0, 0.1) is 5.92 Å². The first-order valence-corrected chi connectivity index (χ1v) is 10.6. The molecule has 0 aliphatic heterocycles. The van der Waals surface area contributed by atoms with Gasteiger partial charge in [-0.3, -0.25) is 4.79 Å². The standard InChI is InChI=1S/C24H30ClFO4/c1-17(13-25)15-28-21-9-5-19(6-10-21)24(3,4)20-7-11-22(12-8-20)29-16-23(14-26)30-18(2)27/h5-12,17,23H,13-16H2,1-4H3/t17-,23+/m0/s1. The van der Waals surface area contributed by atoms with Crippen molar-refractivity contribution in [3.8, 4) is 11.5 Å². The summed E-state index contributed by atoms with van der Waals surface area (Å²) in [4.78, 5) is 11.0. The van der Waals surface area contributed by atoms with Crippen molar-refractivity contribution >= 4 is 17.6 Å². The van der Waals surface area contributed by atoms with Crippen molar-refractivity contribution in [3.63, 3.8) is 0 Å². The molecule has 0 saturated carbocycles. The first kappa shape index (κ1) is 24.0. The highest BCUT2D eigenvalue weighted by Crippen LogP contribution is 2.33. The molecule has 0 N–H and O–H groups in total. The van der Waals surface area contributed by atoms with E-state index < -0.39 is 18.7 Å². The van der Waals surface area contributed by atoms with Gasteiger partial charge in [-0.1, -0.05) is 45.0 Å². The van der Waals surface area contributed by atoms with Crippen LogP contribution in [0.25, 0.3) is 0 Å². The lowest BCUT2D eigenvalue weighted by molar-refractivity contribution is -0.148. The number of hydrogen-bond acceptors (Lipinski definition) is 4. The van der Waals surface area contributed by atoms with Crippen LogP contribution in [0.2, 0.25) is 0 Å². The summed E-state index contributed by atoms with van der Waals surface area (Å²) in [7, 11) is 0. The molecule has 164 valence electrons. The van der Waals surface area contributed by atoms with E-state index in [0.717, 1.165) is 16.9 Å². The van der Waals surface area contributed by atoms with E-state index in [4.69, 9.17) is 25.8 Å². The van der Waals surface area contributed by atoms with Gasteiger partial charge in [0.1, 0.15) is 24.8 Å². The van der Waals surface area contributed by atoms with Gasteiger partial charge in [0.25, 0.3) is 0 Å². The Morgan fingerprint density at radius 1 is 0.967 bits per heavy atom. The number of ether oxygens (including phenoxy) is 3. The maximum absolute atomic E-state index is 12.9. The number of halogens is 2. The third kappa shape index (κ3) is 6.91. The Morgan fingerprint density at radius 2 is 1.43 bits per heavy atom. The third-order valence-electron chi connectivity index (χ3n) is 4.89. The molecule has 0 fully saturated rings. The van der Waals surface area contributed by atoms with Gasteiger partial charge in [0.05, 0.1) is 6.61 Å². The summed E-state index contributed by atoms with van der Waals surface area (Å²) in [6, 6.07) is 15.7. The Hall–Kier alpha value is -2.27. The number of esters is 1. The lowest BCUT2D eigenvalue weighted by atomic mass is 9.78. The van der Waals surface area contributed by atoms with Crippen LogP contribution in [0.4, 0.5) is 4.39 Å². The van der Waals surface area contributed by atoms with Gasteiger partial charge in [-0.05, 0) is 35.4 Å². The Labute approximate surface area is 183 Å². The number of carbonyl (C=O) groups excluding carboxylic acids is 1. The Morgan fingerprint density at radius 3 is 1.83 bits per heavy atom. The quantitative estimate of drug-likeness (QED) is 0.342. The van der Waals surface area contributed by atoms with E-state index in [0.29, 0.717) is 24.2 Å². The second-order valence-corrected chi connectivity index (χ2v) is 8.25. The largest absolute Gasteiger partial charge is 0.493 e. The molecule has 0 spiro atoms. The SMILES string of the molecule is CC(=O)O[C@H](CF)COc1ccc(C(C)(C)c2ccc(OC[C@@H](C)CCl)cc2)cc1. The number of benzene rings is 2. The molecule has 0 saturated heterocycles. The molecule has 4 nitrogen and oxygen atoms in total. The van der Waals surface area contributed by atoms with E-state index in [2.05, 4.69) is 26.0 Å². The summed E-state index contributed by atoms with van der Waals surface area (Å²) in [6.07, 6.45) is -0.897. The van der Waals surface area contributed by atoms with Crippen molar-refractivity contribution in [1.29, 1.82) is 0 Å². The van der Waals surface area contributed by atoms with E-state index in [1.165, 1.54) is 6.92 Å². The van der Waals surface area contributed by atoms with E-state index >= 15 is 0 Å². The Bertz CT molecular complexity index is 790. The lowest BCUT2D eigenvalue weighted by Crippen LogP contribution is -2.26.